The van der Waals surface area contributed by atoms with Crippen molar-refractivity contribution in [3.05, 3.63) is 28.7 Å². The van der Waals surface area contributed by atoms with Crippen molar-refractivity contribution in [2.45, 2.75) is 90.9 Å². The molecule has 1 nitrogen and oxygen atoms in total. The van der Waals surface area contributed by atoms with E-state index in [0.717, 1.165) is 34.9 Å². The Labute approximate surface area is 164 Å². The van der Waals surface area contributed by atoms with Crippen molar-refractivity contribution in [1.82, 2.24) is 0 Å². The van der Waals surface area contributed by atoms with Gasteiger partial charge in [-0.25, -0.2) is 0 Å². The van der Waals surface area contributed by atoms with Gasteiger partial charge in [-0.05, 0) is 25.0 Å². The Hall–Kier alpha value is -0.0700. The number of hydrogen-bond donors (Lipinski definition) is 0. The molecule has 0 unspecified atom stereocenters. The van der Waals surface area contributed by atoms with Gasteiger partial charge in [0.15, 0.2) is 0 Å². The lowest BCUT2D eigenvalue weighted by Gasteiger charge is -2.19. The summed E-state index contributed by atoms with van der Waals surface area (Å²) >= 11 is 3.50. The zero-order valence-electron chi connectivity index (χ0n) is 16.4. The van der Waals surface area contributed by atoms with E-state index in [-0.39, 0.29) is 0 Å². The maximum absolute atomic E-state index is 13.7. The van der Waals surface area contributed by atoms with Crippen LogP contribution in [0.25, 0.3) is 0 Å². The molecule has 0 aromatic heterocycles. The maximum atomic E-state index is 13.7. The second-order valence-corrected chi connectivity index (χ2v) is 11.5. The van der Waals surface area contributed by atoms with E-state index in [0.29, 0.717) is 0 Å². The number of unbranched alkanes of at least 4 members (excludes halogenated alkanes) is 10. The maximum Gasteiger partial charge on any atom is 0.115 e. The summed E-state index contributed by atoms with van der Waals surface area (Å²) in [5.74, 6) is 0. The van der Waals surface area contributed by atoms with Gasteiger partial charge in [-0.15, -0.1) is 0 Å². The first kappa shape index (κ1) is 23.0. The van der Waals surface area contributed by atoms with E-state index in [4.69, 9.17) is 0 Å². The lowest BCUT2D eigenvalue weighted by atomic mass is 10.1. The summed E-state index contributed by atoms with van der Waals surface area (Å²) in [7, 11) is -2.22. The molecule has 0 amide bonds. The molecule has 0 bridgehead atoms. The van der Waals surface area contributed by atoms with Gasteiger partial charge in [0.1, 0.15) is 7.14 Å². The van der Waals surface area contributed by atoms with E-state index in [1.165, 1.54) is 64.2 Å². The molecule has 25 heavy (non-hydrogen) atoms. The Balaban J connectivity index is 2.51. The highest BCUT2D eigenvalue weighted by Gasteiger charge is 2.23. The summed E-state index contributed by atoms with van der Waals surface area (Å²) in [6.07, 6.45) is 17.0. The summed E-state index contributed by atoms with van der Waals surface area (Å²) in [5, 5.41) is 1.10. The van der Waals surface area contributed by atoms with Crippen LogP contribution in [0.3, 0.4) is 0 Å². The normalized spacial score (nSPS) is 11.8. The second-order valence-electron chi connectivity index (χ2n) is 7.35. The van der Waals surface area contributed by atoms with Crippen molar-refractivity contribution < 1.29 is 4.57 Å². The number of halogens is 1. The van der Waals surface area contributed by atoms with Crippen LogP contribution in [0.15, 0.2) is 28.7 Å². The third-order valence-electron chi connectivity index (χ3n) is 5.04. The Bertz CT molecular complexity index is 463. The van der Waals surface area contributed by atoms with Crippen LogP contribution < -0.4 is 5.30 Å². The average Bonchev–Trinajstić information content (AvgIpc) is 2.61. The first-order valence-electron chi connectivity index (χ1n) is 10.5. The van der Waals surface area contributed by atoms with Crippen molar-refractivity contribution in [2.24, 2.45) is 0 Å². The van der Waals surface area contributed by atoms with Crippen LogP contribution in [-0.4, -0.2) is 12.3 Å². The van der Waals surface area contributed by atoms with Gasteiger partial charge in [0.2, 0.25) is 0 Å². The molecule has 0 heterocycles. The second kappa shape index (κ2) is 14.0. The van der Waals surface area contributed by atoms with Crippen molar-refractivity contribution in [3.8, 4) is 0 Å². The Kier molecular flexibility index (Phi) is 12.9. The Morgan fingerprint density at radius 1 is 0.680 bits per heavy atom. The van der Waals surface area contributed by atoms with Gasteiger partial charge in [0, 0.05) is 22.1 Å². The van der Waals surface area contributed by atoms with E-state index in [1.807, 2.05) is 12.1 Å². The molecule has 0 atom stereocenters. The van der Waals surface area contributed by atoms with Gasteiger partial charge < -0.3 is 4.57 Å². The lowest BCUT2D eigenvalue weighted by Crippen LogP contribution is -2.11. The molecule has 144 valence electrons. The van der Waals surface area contributed by atoms with E-state index >= 15 is 0 Å². The minimum Gasteiger partial charge on any atom is -0.319 e. The monoisotopic (exact) mass is 428 g/mol. The fourth-order valence-electron chi connectivity index (χ4n) is 3.38. The van der Waals surface area contributed by atoms with Gasteiger partial charge in [0.05, 0.1) is 0 Å². The molecule has 1 rings (SSSR count). The third-order valence-corrected chi connectivity index (χ3v) is 8.89. The first-order valence-corrected chi connectivity index (χ1v) is 13.3. The lowest BCUT2D eigenvalue weighted by molar-refractivity contribution is 0.567. The molecular weight excluding hydrogens is 391 g/mol. The SMILES string of the molecule is CCCCCCCCP(=O)(CCCCCCCC)c1ccc(Br)cc1. The summed E-state index contributed by atoms with van der Waals surface area (Å²) in [6, 6.07) is 8.26. The zero-order chi connectivity index (χ0) is 18.4. The molecule has 0 aliphatic heterocycles. The number of rotatable bonds is 15. The minimum absolute atomic E-state index is 0.899. The fourth-order valence-corrected chi connectivity index (χ4v) is 6.54. The fraction of sp³-hybridized carbons (Fsp3) is 0.727. The molecule has 0 N–H and O–H groups in total. The van der Waals surface area contributed by atoms with Crippen LogP contribution >= 0.6 is 23.1 Å². The van der Waals surface area contributed by atoms with Gasteiger partial charge in [-0.1, -0.05) is 106 Å². The molecule has 1 aromatic carbocycles. The van der Waals surface area contributed by atoms with Crippen LogP contribution in [0, 0.1) is 0 Å². The van der Waals surface area contributed by atoms with E-state index < -0.39 is 7.14 Å². The quantitative estimate of drug-likeness (QED) is 0.203. The molecule has 0 saturated heterocycles. The van der Waals surface area contributed by atoms with Crippen molar-refractivity contribution in [1.29, 1.82) is 0 Å². The molecule has 0 spiro atoms. The predicted molar refractivity (Wildman–Crippen MR) is 118 cm³/mol. The Morgan fingerprint density at radius 2 is 1.08 bits per heavy atom. The van der Waals surface area contributed by atoms with Crippen LogP contribution in [0.2, 0.25) is 0 Å². The predicted octanol–water partition coefficient (Wildman–Crippen LogP) is 8.16. The zero-order valence-corrected chi connectivity index (χ0v) is 18.9. The highest BCUT2D eigenvalue weighted by Crippen LogP contribution is 2.46. The minimum atomic E-state index is -2.22. The van der Waals surface area contributed by atoms with E-state index in [2.05, 4.69) is 41.9 Å². The highest BCUT2D eigenvalue weighted by atomic mass is 79.9. The van der Waals surface area contributed by atoms with Crippen molar-refractivity contribution >= 4 is 28.4 Å². The van der Waals surface area contributed by atoms with Gasteiger partial charge in [0.25, 0.3) is 0 Å². The summed E-state index contributed by atoms with van der Waals surface area (Å²) in [6.45, 7) is 4.50. The van der Waals surface area contributed by atoms with Gasteiger partial charge in [-0.3, -0.25) is 0 Å². The molecule has 1 aromatic rings. The summed E-state index contributed by atoms with van der Waals surface area (Å²) in [4.78, 5) is 0. The van der Waals surface area contributed by atoms with Crippen LogP contribution in [-0.2, 0) is 4.57 Å². The smallest absolute Gasteiger partial charge is 0.115 e. The molecule has 0 fully saturated rings. The number of benzene rings is 1. The van der Waals surface area contributed by atoms with Crippen molar-refractivity contribution in [2.75, 3.05) is 12.3 Å². The largest absolute Gasteiger partial charge is 0.319 e. The molecule has 0 aliphatic rings. The standard InChI is InChI=1S/C22H38BrOP/c1-3-5-7-9-11-13-19-25(24,20-14-12-10-8-6-4-2)22-17-15-21(23)16-18-22/h15-18H,3-14,19-20H2,1-2H3. The van der Waals surface area contributed by atoms with Crippen LogP contribution in [0.4, 0.5) is 0 Å². The molecule has 0 aliphatic carbocycles. The van der Waals surface area contributed by atoms with E-state index in [1.54, 1.807) is 0 Å². The topological polar surface area (TPSA) is 17.1 Å². The number of hydrogen-bond acceptors (Lipinski definition) is 1. The third kappa shape index (κ3) is 10.00. The van der Waals surface area contributed by atoms with E-state index in [9.17, 15) is 4.57 Å². The van der Waals surface area contributed by atoms with Crippen LogP contribution in [0.5, 0.6) is 0 Å². The molecule has 0 saturated carbocycles. The first-order chi connectivity index (χ1) is 12.1. The van der Waals surface area contributed by atoms with Crippen molar-refractivity contribution in [3.63, 3.8) is 0 Å². The summed E-state index contributed by atoms with van der Waals surface area (Å²) in [5.41, 5.74) is 0. The molecule has 3 heteroatoms. The van der Waals surface area contributed by atoms with Gasteiger partial charge in [-0.2, -0.15) is 0 Å². The average molecular weight is 429 g/mol. The van der Waals surface area contributed by atoms with Crippen LogP contribution in [0.1, 0.15) is 90.9 Å². The van der Waals surface area contributed by atoms with Gasteiger partial charge >= 0.3 is 0 Å². The Morgan fingerprint density at radius 3 is 1.52 bits per heavy atom. The summed E-state index contributed by atoms with van der Waals surface area (Å²) < 4.78 is 14.8. The molecule has 0 radical (unpaired) electrons. The molecular formula is C22H38BrOP. The highest BCUT2D eigenvalue weighted by molar-refractivity contribution is 9.10.